The maximum absolute atomic E-state index is 12.3. The first-order valence-electron chi connectivity index (χ1n) is 10.1. The van der Waals surface area contributed by atoms with Gasteiger partial charge < -0.3 is 20.1 Å². The Balaban J connectivity index is 1.49. The summed E-state index contributed by atoms with van der Waals surface area (Å²) in [7, 11) is 1.50. The van der Waals surface area contributed by atoms with Gasteiger partial charge in [0.15, 0.2) is 5.82 Å². The van der Waals surface area contributed by atoms with Crippen LogP contribution in [-0.4, -0.2) is 51.4 Å². The van der Waals surface area contributed by atoms with E-state index in [4.69, 9.17) is 9.47 Å². The van der Waals surface area contributed by atoms with E-state index in [1.807, 2.05) is 19.9 Å². The Morgan fingerprint density at radius 2 is 2.17 bits per heavy atom. The highest BCUT2D eigenvalue weighted by molar-refractivity contribution is 5.91. The highest BCUT2D eigenvalue weighted by Gasteiger charge is 2.30. The molecule has 0 aliphatic heterocycles. The molecule has 2 heterocycles. The summed E-state index contributed by atoms with van der Waals surface area (Å²) in [6.45, 7) is 3.95. The van der Waals surface area contributed by atoms with Crippen molar-refractivity contribution < 1.29 is 19.1 Å². The molecule has 0 bridgehead atoms. The van der Waals surface area contributed by atoms with E-state index in [-0.39, 0.29) is 36.5 Å². The third-order valence-electron chi connectivity index (χ3n) is 5.15. The van der Waals surface area contributed by atoms with Crippen LogP contribution in [0.1, 0.15) is 56.8 Å². The molecule has 10 nitrogen and oxygen atoms in total. The Morgan fingerprint density at radius 1 is 1.33 bits per heavy atom. The first-order valence-corrected chi connectivity index (χ1v) is 10.1. The fourth-order valence-electron chi connectivity index (χ4n) is 3.35. The number of hydrogen-bond acceptors (Lipinski definition) is 7. The SMILES string of the molecule is CC[C@H](C)NC(=O)O[C@@H]1CC[C@H](c2cc(NC(=O)Cc3cncc(OC)n3)n[nH]2)C1. The molecule has 3 rings (SSSR count). The molecule has 0 spiro atoms. The number of H-pyrrole nitrogens is 1. The van der Waals surface area contributed by atoms with Crippen molar-refractivity contribution in [2.45, 2.75) is 64.0 Å². The lowest BCUT2D eigenvalue weighted by Gasteiger charge is -2.16. The molecular weight excluding hydrogens is 388 g/mol. The number of ether oxygens (including phenoxy) is 2. The molecular formula is C20H28N6O4. The van der Waals surface area contributed by atoms with Gasteiger partial charge in [-0.3, -0.25) is 14.9 Å². The second kappa shape index (κ2) is 10.0. The molecule has 0 aromatic carbocycles. The van der Waals surface area contributed by atoms with Crippen LogP contribution >= 0.6 is 0 Å². The number of amides is 2. The van der Waals surface area contributed by atoms with Gasteiger partial charge in [0, 0.05) is 29.9 Å². The zero-order valence-corrected chi connectivity index (χ0v) is 17.5. The number of rotatable bonds is 8. The largest absolute Gasteiger partial charge is 0.480 e. The van der Waals surface area contributed by atoms with Crippen molar-refractivity contribution in [1.82, 2.24) is 25.5 Å². The molecule has 0 radical (unpaired) electrons. The second-order valence-electron chi connectivity index (χ2n) is 7.48. The molecule has 0 saturated heterocycles. The summed E-state index contributed by atoms with van der Waals surface area (Å²) in [5, 5.41) is 12.7. The maximum atomic E-state index is 12.3. The van der Waals surface area contributed by atoms with Crippen LogP contribution in [0.4, 0.5) is 10.6 Å². The van der Waals surface area contributed by atoms with Gasteiger partial charge in [0.05, 0.1) is 25.4 Å². The van der Waals surface area contributed by atoms with Crippen LogP contribution in [0, 0.1) is 0 Å². The maximum Gasteiger partial charge on any atom is 0.407 e. The van der Waals surface area contributed by atoms with Gasteiger partial charge in [0.2, 0.25) is 11.8 Å². The van der Waals surface area contributed by atoms with Gasteiger partial charge in [-0.2, -0.15) is 5.10 Å². The zero-order chi connectivity index (χ0) is 21.5. The molecule has 1 fully saturated rings. The van der Waals surface area contributed by atoms with Crippen LogP contribution in [0.5, 0.6) is 5.88 Å². The van der Waals surface area contributed by atoms with Gasteiger partial charge in [-0.05, 0) is 32.6 Å². The van der Waals surface area contributed by atoms with Crippen molar-refractivity contribution in [3.8, 4) is 5.88 Å². The minimum Gasteiger partial charge on any atom is -0.480 e. The van der Waals surface area contributed by atoms with Crippen LogP contribution in [0.25, 0.3) is 0 Å². The number of aromatic amines is 1. The van der Waals surface area contributed by atoms with Crippen LogP contribution in [-0.2, 0) is 16.0 Å². The molecule has 2 amide bonds. The summed E-state index contributed by atoms with van der Waals surface area (Å²) in [5.74, 6) is 0.765. The summed E-state index contributed by atoms with van der Waals surface area (Å²) in [5.41, 5.74) is 1.42. The van der Waals surface area contributed by atoms with Crippen molar-refractivity contribution in [2.24, 2.45) is 0 Å². The highest BCUT2D eigenvalue weighted by atomic mass is 16.6. The smallest absolute Gasteiger partial charge is 0.407 e. The number of methoxy groups -OCH3 is 1. The molecule has 1 aliphatic rings. The number of nitrogens with one attached hydrogen (secondary N) is 3. The van der Waals surface area contributed by atoms with E-state index in [2.05, 4.69) is 30.8 Å². The molecule has 1 aliphatic carbocycles. The predicted octanol–water partition coefficient (Wildman–Crippen LogP) is 2.55. The fraction of sp³-hybridized carbons (Fsp3) is 0.550. The van der Waals surface area contributed by atoms with Crippen molar-refractivity contribution in [3.05, 3.63) is 29.8 Å². The van der Waals surface area contributed by atoms with E-state index in [1.165, 1.54) is 19.5 Å². The zero-order valence-electron chi connectivity index (χ0n) is 17.5. The minimum absolute atomic E-state index is 0.0665. The number of carbonyl (C=O) groups excluding carboxylic acids is 2. The molecule has 2 aromatic heterocycles. The van der Waals surface area contributed by atoms with Gasteiger partial charge in [0.25, 0.3) is 0 Å². The monoisotopic (exact) mass is 416 g/mol. The normalized spacial score (nSPS) is 19.2. The van der Waals surface area contributed by atoms with Crippen molar-refractivity contribution in [2.75, 3.05) is 12.4 Å². The fourth-order valence-corrected chi connectivity index (χ4v) is 3.35. The Labute approximate surface area is 175 Å². The van der Waals surface area contributed by atoms with Crippen molar-refractivity contribution in [3.63, 3.8) is 0 Å². The first kappa shape index (κ1) is 21.5. The molecule has 1 saturated carbocycles. The third kappa shape index (κ3) is 5.91. The standard InChI is InChI=1S/C20H28N6O4/c1-4-12(2)22-20(28)30-15-6-5-13(7-15)16-9-17(26-25-16)24-18(27)8-14-10-21-11-19(23-14)29-3/h9-13,15H,4-8H2,1-3H3,(H,22,28)(H2,24,25,26,27)/t12-,13-,15+/m0/s1. The van der Waals surface area contributed by atoms with E-state index in [1.54, 1.807) is 0 Å². The molecule has 3 atom stereocenters. The Bertz CT molecular complexity index is 870. The van der Waals surface area contributed by atoms with Gasteiger partial charge in [-0.25, -0.2) is 9.78 Å². The van der Waals surface area contributed by atoms with Gasteiger partial charge in [-0.1, -0.05) is 6.92 Å². The molecule has 3 N–H and O–H groups in total. The van der Waals surface area contributed by atoms with Gasteiger partial charge in [0.1, 0.15) is 6.10 Å². The number of hydrogen-bond donors (Lipinski definition) is 3. The summed E-state index contributed by atoms with van der Waals surface area (Å²) < 4.78 is 10.5. The van der Waals surface area contributed by atoms with E-state index >= 15 is 0 Å². The highest BCUT2D eigenvalue weighted by Crippen LogP contribution is 2.35. The van der Waals surface area contributed by atoms with E-state index in [9.17, 15) is 9.59 Å². The molecule has 30 heavy (non-hydrogen) atoms. The average Bonchev–Trinajstić information content (AvgIpc) is 3.37. The number of aromatic nitrogens is 4. The van der Waals surface area contributed by atoms with Crippen LogP contribution in [0.15, 0.2) is 18.5 Å². The molecule has 0 unspecified atom stereocenters. The van der Waals surface area contributed by atoms with E-state index in [0.29, 0.717) is 17.4 Å². The van der Waals surface area contributed by atoms with E-state index in [0.717, 1.165) is 31.4 Å². The van der Waals surface area contributed by atoms with Gasteiger partial charge in [-0.15, -0.1) is 0 Å². The van der Waals surface area contributed by atoms with Crippen molar-refractivity contribution in [1.29, 1.82) is 0 Å². The molecule has 2 aromatic rings. The summed E-state index contributed by atoms with van der Waals surface area (Å²) >= 11 is 0. The van der Waals surface area contributed by atoms with Crippen molar-refractivity contribution >= 4 is 17.8 Å². The predicted molar refractivity (Wildman–Crippen MR) is 109 cm³/mol. The lowest BCUT2D eigenvalue weighted by molar-refractivity contribution is -0.115. The lowest BCUT2D eigenvalue weighted by atomic mass is 10.0. The number of carbonyl (C=O) groups is 2. The Kier molecular flexibility index (Phi) is 7.21. The quantitative estimate of drug-likeness (QED) is 0.602. The topological polar surface area (TPSA) is 131 Å². The van der Waals surface area contributed by atoms with Crippen LogP contribution in [0.2, 0.25) is 0 Å². The minimum atomic E-state index is -0.367. The van der Waals surface area contributed by atoms with Gasteiger partial charge >= 0.3 is 6.09 Å². The average molecular weight is 416 g/mol. The number of alkyl carbamates (subject to hydrolysis) is 1. The first-order chi connectivity index (χ1) is 14.5. The molecule has 10 heteroatoms. The van der Waals surface area contributed by atoms with Crippen LogP contribution < -0.4 is 15.4 Å². The third-order valence-corrected chi connectivity index (χ3v) is 5.15. The lowest BCUT2D eigenvalue weighted by Crippen LogP contribution is -2.34. The van der Waals surface area contributed by atoms with E-state index < -0.39 is 0 Å². The number of anilines is 1. The summed E-state index contributed by atoms with van der Waals surface area (Å²) in [6, 6.07) is 1.91. The summed E-state index contributed by atoms with van der Waals surface area (Å²) in [6.07, 6.45) is 5.85. The van der Waals surface area contributed by atoms with Crippen LogP contribution in [0.3, 0.4) is 0 Å². The Morgan fingerprint density at radius 3 is 2.93 bits per heavy atom. The Hall–Kier alpha value is -3.17. The molecule has 162 valence electrons. The number of nitrogens with zero attached hydrogens (tertiary/aromatic N) is 3. The second-order valence-corrected chi connectivity index (χ2v) is 7.48. The summed E-state index contributed by atoms with van der Waals surface area (Å²) in [4.78, 5) is 32.3.